The van der Waals surface area contributed by atoms with E-state index in [4.69, 9.17) is 4.74 Å². The van der Waals surface area contributed by atoms with E-state index in [-0.39, 0.29) is 54.1 Å². The molecule has 2 amide bonds. The fraction of sp³-hybridized carbons (Fsp3) is 0.300. The molecule has 0 bridgehead atoms. The van der Waals surface area contributed by atoms with Gasteiger partial charge in [-0.25, -0.2) is 13.3 Å². The number of carbonyl (C=O) groups excluding carboxylic acids is 2. The number of ether oxygens (including phenoxy) is 1. The maximum absolute atomic E-state index is 13.2. The molecule has 1 fully saturated rings. The number of benzene rings is 2. The Morgan fingerprint density at radius 3 is 2.25 bits per heavy atom. The molecule has 0 radical (unpaired) electrons. The second-order valence-corrected chi connectivity index (χ2v) is 8.31. The van der Waals surface area contributed by atoms with Gasteiger partial charge < -0.3 is 4.74 Å². The highest BCUT2D eigenvalue weighted by Gasteiger charge is 2.34. The highest BCUT2D eigenvalue weighted by molar-refractivity contribution is 7.89. The van der Waals surface area contributed by atoms with Gasteiger partial charge in [0, 0.05) is 25.9 Å². The normalized spacial score (nSPS) is 14.8. The molecule has 0 saturated carbocycles. The SMILES string of the molecule is CCN(Cc1ccccc1)S(=O)(=O)c1ccc(OC)c(N2C(=O)CCC2=O)c1. The molecular formula is C20H22N2O5S. The molecule has 1 saturated heterocycles. The maximum Gasteiger partial charge on any atom is 0.243 e. The van der Waals surface area contributed by atoms with Gasteiger partial charge in [-0.05, 0) is 23.8 Å². The first kappa shape index (κ1) is 20.0. The highest BCUT2D eigenvalue weighted by Crippen LogP contribution is 2.35. The van der Waals surface area contributed by atoms with Crippen molar-refractivity contribution >= 4 is 27.5 Å². The van der Waals surface area contributed by atoms with E-state index in [1.165, 1.54) is 29.6 Å². The number of anilines is 1. The van der Waals surface area contributed by atoms with Crippen LogP contribution in [0.15, 0.2) is 53.4 Å². The number of nitrogens with zero attached hydrogens (tertiary/aromatic N) is 2. The van der Waals surface area contributed by atoms with Gasteiger partial charge in [-0.2, -0.15) is 4.31 Å². The Morgan fingerprint density at radius 1 is 1.04 bits per heavy atom. The predicted octanol–water partition coefficient (Wildman–Crippen LogP) is 2.56. The number of sulfonamides is 1. The van der Waals surface area contributed by atoms with Gasteiger partial charge in [-0.3, -0.25) is 9.59 Å². The van der Waals surface area contributed by atoms with Crippen LogP contribution in [-0.4, -0.2) is 38.2 Å². The lowest BCUT2D eigenvalue weighted by atomic mass is 10.2. The highest BCUT2D eigenvalue weighted by atomic mass is 32.2. The Morgan fingerprint density at radius 2 is 1.68 bits per heavy atom. The molecule has 1 heterocycles. The van der Waals surface area contributed by atoms with Gasteiger partial charge in [0.1, 0.15) is 5.75 Å². The number of amides is 2. The van der Waals surface area contributed by atoms with E-state index >= 15 is 0 Å². The largest absolute Gasteiger partial charge is 0.495 e. The van der Waals surface area contributed by atoms with Crippen molar-refractivity contribution in [2.45, 2.75) is 31.2 Å². The van der Waals surface area contributed by atoms with Crippen molar-refractivity contribution in [3.8, 4) is 5.75 Å². The lowest BCUT2D eigenvalue weighted by Crippen LogP contribution is -2.32. The van der Waals surface area contributed by atoms with Gasteiger partial charge >= 0.3 is 0 Å². The number of rotatable bonds is 7. The van der Waals surface area contributed by atoms with Crippen LogP contribution in [0.5, 0.6) is 5.75 Å². The van der Waals surface area contributed by atoms with Crippen LogP contribution in [0.4, 0.5) is 5.69 Å². The van der Waals surface area contributed by atoms with E-state index in [9.17, 15) is 18.0 Å². The molecule has 8 heteroatoms. The number of imide groups is 1. The van der Waals surface area contributed by atoms with Crippen molar-refractivity contribution in [3.05, 3.63) is 54.1 Å². The van der Waals surface area contributed by atoms with Crippen LogP contribution in [0.3, 0.4) is 0 Å². The Hall–Kier alpha value is -2.71. The first-order valence-electron chi connectivity index (χ1n) is 8.96. The van der Waals surface area contributed by atoms with Gasteiger partial charge in [-0.1, -0.05) is 37.3 Å². The fourth-order valence-electron chi connectivity index (χ4n) is 3.15. The third-order valence-electron chi connectivity index (χ3n) is 4.63. The summed E-state index contributed by atoms with van der Waals surface area (Å²) in [5.41, 5.74) is 1.03. The van der Waals surface area contributed by atoms with Crippen molar-refractivity contribution in [2.75, 3.05) is 18.6 Å². The Balaban J connectivity index is 2.00. The van der Waals surface area contributed by atoms with Gasteiger partial charge in [0.2, 0.25) is 21.8 Å². The molecule has 7 nitrogen and oxygen atoms in total. The van der Waals surface area contributed by atoms with E-state index in [0.29, 0.717) is 0 Å². The predicted molar refractivity (Wildman–Crippen MR) is 104 cm³/mol. The Labute approximate surface area is 164 Å². The third kappa shape index (κ3) is 3.79. The van der Waals surface area contributed by atoms with E-state index < -0.39 is 10.0 Å². The first-order chi connectivity index (χ1) is 13.4. The molecule has 2 aromatic rings. The van der Waals surface area contributed by atoms with Crippen molar-refractivity contribution < 1.29 is 22.7 Å². The van der Waals surface area contributed by atoms with Gasteiger partial charge in [0.05, 0.1) is 17.7 Å². The smallest absolute Gasteiger partial charge is 0.243 e. The quantitative estimate of drug-likeness (QED) is 0.665. The summed E-state index contributed by atoms with van der Waals surface area (Å²) in [6.07, 6.45) is 0.210. The molecular weight excluding hydrogens is 380 g/mol. The topological polar surface area (TPSA) is 84.0 Å². The summed E-state index contributed by atoms with van der Waals surface area (Å²) < 4.78 is 33.0. The molecule has 0 unspecified atom stereocenters. The minimum absolute atomic E-state index is 0.00795. The molecule has 3 rings (SSSR count). The van der Waals surface area contributed by atoms with Crippen LogP contribution in [0, 0.1) is 0 Å². The van der Waals surface area contributed by atoms with Gasteiger partial charge in [-0.15, -0.1) is 0 Å². The maximum atomic E-state index is 13.2. The molecule has 1 aliphatic rings. The number of carbonyl (C=O) groups is 2. The Bertz CT molecular complexity index is 973. The van der Waals surface area contributed by atoms with Crippen molar-refractivity contribution in [2.24, 2.45) is 0 Å². The average Bonchev–Trinajstić information content (AvgIpc) is 3.04. The molecule has 0 spiro atoms. The summed E-state index contributed by atoms with van der Waals surface area (Å²) in [5.74, 6) is -0.461. The first-order valence-corrected chi connectivity index (χ1v) is 10.4. The molecule has 0 aromatic heterocycles. The summed E-state index contributed by atoms with van der Waals surface area (Å²) >= 11 is 0. The number of methoxy groups -OCH3 is 1. The zero-order valence-corrected chi connectivity index (χ0v) is 16.6. The zero-order valence-electron chi connectivity index (χ0n) is 15.8. The average molecular weight is 402 g/mol. The summed E-state index contributed by atoms with van der Waals surface area (Å²) in [6, 6.07) is 13.5. The summed E-state index contributed by atoms with van der Waals surface area (Å²) in [4.78, 5) is 25.3. The second kappa shape index (κ2) is 8.12. The van der Waals surface area contributed by atoms with Crippen molar-refractivity contribution in [1.82, 2.24) is 4.31 Å². The molecule has 2 aromatic carbocycles. The number of hydrogen-bond acceptors (Lipinski definition) is 5. The van der Waals surface area contributed by atoms with E-state index in [0.717, 1.165) is 10.5 Å². The summed E-state index contributed by atoms with van der Waals surface area (Å²) in [7, 11) is -2.42. The minimum atomic E-state index is -3.83. The Kier molecular flexibility index (Phi) is 5.81. The lowest BCUT2D eigenvalue weighted by molar-refractivity contribution is -0.121. The monoisotopic (exact) mass is 402 g/mol. The fourth-order valence-corrected chi connectivity index (χ4v) is 4.61. The van der Waals surface area contributed by atoms with E-state index in [1.54, 1.807) is 6.92 Å². The van der Waals surface area contributed by atoms with Crippen molar-refractivity contribution in [3.63, 3.8) is 0 Å². The molecule has 0 N–H and O–H groups in total. The number of hydrogen-bond donors (Lipinski definition) is 0. The van der Waals surface area contributed by atoms with Crippen LogP contribution in [0.25, 0.3) is 0 Å². The van der Waals surface area contributed by atoms with Crippen LogP contribution in [-0.2, 0) is 26.2 Å². The van der Waals surface area contributed by atoms with Gasteiger partial charge in [0.25, 0.3) is 0 Å². The summed E-state index contributed by atoms with van der Waals surface area (Å²) in [6.45, 7) is 2.27. The molecule has 0 atom stereocenters. The zero-order chi connectivity index (χ0) is 20.3. The van der Waals surface area contributed by atoms with E-state index in [1.807, 2.05) is 30.3 Å². The van der Waals surface area contributed by atoms with Crippen molar-refractivity contribution in [1.29, 1.82) is 0 Å². The standard InChI is InChI=1S/C20H22N2O5S/c1-3-21(14-15-7-5-4-6-8-15)28(25,26)16-9-10-18(27-2)17(13-16)22-19(23)11-12-20(22)24/h4-10,13H,3,11-12,14H2,1-2H3. The lowest BCUT2D eigenvalue weighted by Gasteiger charge is -2.23. The summed E-state index contributed by atoms with van der Waals surface area (Å²) in [5, 5.41) is 0. The van der Waals surface area contributed by atoms with Crippen LogP contribution in [0.1, 0.15) is 25.3 Å². The second-order valence-electron chi connectivity index (χ2n) is 6.37. The van der Waals surface area contributed by atoms with E-state index in [2.05, 4.69) is 0 Å². The minimum Gasteiger partial charge on any atom is -0.495 e. The van der Waals surface area contributed by atoms with Gasteiger partial charge in [0.15, 0.2) is 0 Å². The van der Waals surface area contributed by atoms with Crippen LogP contribution >= 0.6 is 0 Å². The van der Waals surface area contributed by atoms with Crippen LogP contribution in [0.2, 0.25) is 0 Å². The molecule has 148 valence electrons. The third-order valence-corrected chi connectivity index (χ3v) is 6.55. The van der Waals surface area contributed by atoms with Crippen LogP contribution < -0.4 is 9.64 Å². The molecule has 0 aliphatic carbocycles. The molecule has 1 aliphatic heterocycles. The molecule has 28 heavy (non-hydrogen) atoms.